The van der Waals surface area contributed by atoms with Crippen LogP contribution in [0.4, 0.5) is 13.2 Å². The lowest BCUT2D eigenvalue weighted by Crippen LogP contribution is -2.33. The number of aliphatic hydroxyl groups is 1. The highest BCUT2D eigenvalue weighted by Crippen LogP contribution is 2.50. The molecule has 0 aliphatic heterocycles. The van der Waals surface area contributed by atoms with E-state index in [-0.39, 0.29) is 17.5 Å². The van der Waals surface area contributed by atoms with Crippen molar-refractivity contribution >= 4 is 0 Å². The Morgan fingerprint density at radius 2 is 1.39 bits per heavy atom. The average molecular weight is 471 g/mol. The Kier molecular flexibility index (Phi) is 9.49. The predicted octanol–water partition coefficient (Wildman–Crippen LogP) is 8.25. The van der Waals surface area contributed by atoms with E-state index in [0.717, 1.165) is 6.42 Å². The van der Waals surface area contributed by atoms with Crippen LogP contribution in [0.1, 0.15) is 123 Å². The van der Waals surface area contributed by atoms with Crippen molar-refractivity contribution in [2.24, 2.45) is 16.7 Å². The van der Waals surface area contributed by atoms with Crippen molar-refractivity contribution in [2.75, 3.05) is 6.61 Å². The van der Waals surface area contributed by atoms with Gasteiger partial charge in [-0.1, -0.05) is 80.6 Å². The molecule has 2 nitrogen and oxygen atoms in total. The van der Waals surface area contributed by atoms with E-state index in [4.69, 9.17) is 4.74 Å². The number of halogens is 3. The van der Waals surface area contributed by atoms with Gasteiger partial charge in [-0.15, -0.1) is 0 Å². The maximum Gasteiger partial charge on any atom is 0.167 e. The molecule has 0 bridgehead atoms. The van der Waals surface area contributed by atoms with Crippen molar-refractivity contribution in [3.8, 4) is 0 Å². The number of hydrogen-bond acceptors (Lipinski definition) is 2. The topological polar surface area (TPSA) is 29.5 Å². The summed E-state index contributed by atoms with van der Waals surface area (Å²) in [5, 5.41) is 10.8. The van der Waals surface area contributed by atoms with Crippen LogP contribution in [0.15, 0.2) is 0 Å². The van der Waals surface area contributed by atoms with Crippen LogP contribution in [0.2, 0.25) is 0 Å². The number of ether oxygens (including phenoxy) is 1. The molecule has 1 fully saturated rings. The number of aliphatic hydroxyl groups excluding tert-OH is 1. The molecule has 0 radical (unpaired) electrons. The average Bonchev–Trinajstić information content (AvgIpc) is 2.70. The summed E-state index contributed by atoms with van der Waals surface area (Å²) in [6, 6.07) is 0. The van der Waals surface area contributed by atoms with Crippen LogP contribution in [0.25, 0.3) is 0 Å². The zero-order chi connectivity index (χ0) is 25.1. The summed E-state index contributed by atoms with van der Waals surface area (Å²) in [5.41, 5.74) is -1.21. The van der Waals surface area contributed by atoms with Gasteiger partial charge in [0.05, 0.1) is 11.7 Å². The Bertz CT molecular complexity index is 772. The molecule has 1 N–H and O–H groups in total. The van der Waals surface area contributed by atoms with Crippen LogP contribution >= 0.6 is 0 Å². The second kappa shape index (κ2) is 11.1. The number of hydrogen-bond donors (Lipinski definition) is 1. The van der Waals surface area contributed by atoms with E-state index >= 15 is 13.2 Å². The first kappa shape index (κ1) is 28.2. The summed E-state index contributed by atoms with van der Waals surface area (Å²) in [7, 11) is 0. The normalized spacial score (nSPS) is 18.1. The minimum atomic E-state index is -1.58. The lowest BCUT2D eigenvalue weighted by atomic mass is 9.62. The highest BCUT2D eigenvalue weighted by Gasteiger charge is 2.42. The molecule has 1 aromatic carbocycles. The summed E-state index contributed by atoms with van der Waals surface area (Å²) < 4.78 is 52.5. The lowest BCUT2D eigenvalue weighted by Gasteiger charge is -2.42. The van der Waals surface area contributed by atoms with Crippen molar-refractivity contribution in [3.63, 3.8) is 0 Å². The first-order chi connectivity index (χ1) is 15.2. The maximum atomic E-state index is 15.7. The van der Waals surface area contributed by atoms with Gasteiger partial charge in [-0.05, 0) is 48.0 Å². The molecule has 190 valence electrons. The second-order valence-corrected chi connectivity index (χ2v) is 12.1. The Morgan fingerprint density at radius 3 is 1.88 bits per heavy atom. The van der Waals surface area contributed by atoms with E-state index in [2.05, 4.69) is 0 Å². The van der Waals surface area contributed by atoms with Crippen molar-refractivity contribution in [1.29, 1.82) is 0 Å². The molecule has 0 saturated heterocycles. The van der Waals surface area contributed by atoms with Gasteiger partial charge in [-0.25, -0.2) is 13.2 Å². The van der Waals surface area contributed by atoms with Crippen LogP contribution in [0.3, 0.4) is 0 Å². The van der Waals surface area contributed by atoms with Gasteiger partial charge in [0.2, 0.25) is 0 Å². The molecular formula is C28H45F3O2. The summed E-state index contributed by atoms with van der Waals surface area (Å²) >= 11 is 0. The molecule has 1 aliphatic rings. The van der Waals surface area contributed by atoms with Gasteiger partial charge >= 0.3 is 0 Å². The van der Waals surface area contributed by atoms with Gasteiger partial charge in [0.1, 0.15) is 11.9 Å². The van der Waals surface area contributed by atoms with E-state index in [1.165, 1.54) is 32.1 Å². The first-order valence-corrected chi connectivity index (χ1v) is 12.7. The molecule has 1 aliphatic carbocycles. The highest BCUT2D eigenvalue weighted by molar-refractivity contribution is 5.41. The van der Waals surface area contributed by atoms with Gasteiger partial charge in [0.25, 0.3) is 0 Å². The third-order valence-electron chi connectivity index (χ3n) is 7.24. The quantitative estimate of drug-likeness (QED) is 0.388. The zero-order valence-corrected chi connectivity index (χ0v) is 22.0. The van der Waals surface area contributed by atoms with Gasteiger partial charge in [-0.3, -0.25) is 0 Å². The van der Waals surface area contributed by atoms with Gasteiger partial charge in [0.15, 0.2) is 11.6 Å². The molecule has 0 spiro atoms. The molecule has 1 aromatic rings. The summed E-state index contributed by atoms with van der Waals surface area (Å²) in [6.45, 7) is 15.5. The van der Waals surface area contributed by atoms with Crippen LogP contribution in [-0.2, 0) is 11.2 Å². The molecule has 5 heteroatoms. The SMILES string of the molecule is CCc1c(F)c(C(O)C(C)OCCC2CCCCC2)c(F)c(F)c1C(C(C)(C)C)C(C)(C)C. The van der Waals surface area contributed by atoms with Crippen molar-refractivity contribution in [2.45, 2.75) is 118 Å². The zero-order valence-electron chi connectivity index (χ0n) is 22.0. The van der Waals surface area contributed by atoms with Crippen molar-refractivity contribution in [3.05, 3.63) is 34.1 Å². The second-order valence-electron chi connectivity index (χ2n) is 12.1. The van der Waals surface area contributed by atoms with Crippen LogP contribution < -0.4 is 0 Å². The fraction of sp³-hybridized carbons (Fsp3) is 0.786. The Morgan fingerprint density at radius 1 is 0.879 bits per heavy atom. The fourth-order valence-corrected chi connectivity index (χ4v) is 6.04. The smallest absolute Gasteiger partial charge is 0.167 e. The Hall–Kier alpha value is -1.07. The molecule has 2 atom stereocenters. The highest BCUT2D eigenvalue weighted by atomic mass is 19.2. The molecule has 1 saturated carbocycles. The molecule has 33 heavy (non-hydrogen) atoms. The Labute approximate surface area is 199 Å². The predicted molar refractivity (Wildman–Crippen MR) is 129 cm³/mol. The van der Waals surface area contributed by atoms with Crippen molar-refractivity contribution in [1.82, 2.24) is 0 Å². The third-order valence-corrected chi connectivity index (χ3v) is 7.24. The molecule has 2 unspecified atom stereocenters. The minimum absolute atomic E-state index is 0.0920. The molecule has 0 amide bonds. The van der Waals surface area contributed by atoms with E-state index in [1.54, 1.807) is 13.8 Å². The van der Waals surface area contributed by atoms with Crippen molar-refractivity contribution < 1.29 is 23.0 Å². The summed E-state index contributed by atoms with van der Waals surface area (Å²) in [5.74, 6) is -3.01. The standard InChI is InChI=1S/C28H45F3O2/c1-9-19-20(26(27(3,4)5)28(6,7)8)23(30)24(31)21(22(19)29)25(32)17(2)33-16-15-18-13-11-10-12-14-18/h17-18,25-26,32H,9-16H2,1-8H3. The fourth-order valence-electron chi connectivity index (χ4n) is 6.04. The van der Waals surface area contributed by atoms with Crippen LogP contribution in [0, 0.1) is 34.2 Å². The number of rotatable bonds is 8. The molecular weight excluding hydrogens is 425 g/mol. The molecule has 2 rings (SSSR count). The summed E-state index contributed by atoms with van der Waals surface area (Å²) in [4.78, 5) is 0. The van der Waals surface area contributed by atoms with E-state index in [1.807, 2.05) is 41.5 Å². The largest absolute Gasteiger partial charge is 0.385 e. The molecule has 0 aromatic heterocycles. The van der Waals surface area contributed by atoms with Gasteiger partial charge < -0.3 is 9.84 Å². The van der Waals surface area contributed by atoms with E-state index in [9.17, 15) is 5.11 Å². The lowest BCUT2D eigenvalue weighted by molar-refractivity contribution is -0.0360. The number of benzene rings is 1. The third kappa shape index (κ3) is 6.54. The van der Waals surface area contributed by atoms with Gasteiger partial charge in [0, 0.05) is 12.2 Å². The Balaban J connectivity index is 2.37. The van der Waals surface area contributed by atoms with E-state index in [0.29, 0.717) is 12.5 Å². The maximum absolute atomic E-state index is 15.7. The van der Waals surface area contributed by atoms with E-state index < -0.39 is 52.0 Å². The van der Waals surface area contributed by atoms with Gasteiger partial charge in [-0.2, -0.15) is 0 Å². The minimum Gasteiger partial charge on any atom is -0.385 e. The van der Waals surface area contributed by atoms with Crippen LogP contribution in [-0.4, -0.2) is 17.8 Å². The monoisotopic (exact) mass is 470 g/mol. The first-order valence-electron chi connectivity index (χ1n) is 12.7. The summed E-state index contributed by atoms with van der Waals surface area (Å²) in [6.07, 6.45) is 4.76. The van der Waals surface area contributed by atoms with Crippen LogP contribution in [0.5, 0.6) is 0 Å². The molecule has 0 heterocycles.